The molecule has 2 aromatic carbocycles. The summed E-state index contributed by atoms with van der Waals surface area (Å²) < 4.78 is 0. The summed E-state index contributed by atoms with van der Waals surface area (Å²) in [5.74, 6) is -0.711. The highest BCUT2D eigenvalue weighted by Crippen LogP contribution is 2.32. The molecule has 116 valence electrons. The summed E-state index contributed by atoms with van der Waals surface area (Å²) in [7, 11) is 0. The molecule has 0 radical (unpaired) electrons. The van der Waals surface area contributed by atoms with Gasteiger partial charge in [0.1, 0.15) is 5.75 Å². The van der Waals surface area contributed by atoms with Crippen LogP contribution in [0.15, 0.2) is 36.4 Å². The number of hydrogen-bond donors (Lipinski definition) is 4. The van der Waals surface area contributed by atoms with E-state index >= 15 is 0 Å². The van der Waals surface area contributed by atoms with Gasteiger partial charge in [-0.3, -0.25) is 4.79 Å². The lowest BCUT2D eigenvalue weighted by Gasteiger charge is -2.01. The first-order chi connectivity index (χ1) is 10.2. The molecule has 0 aliphatic rings. The molecule has 1 amide bonds. The Morgan fingerprint density at radius 3 is 2.00 bits per heavy atom. The summed E-state index contributed by atoms with van der Waals surface area (Å²) in [6.07, 6.45) is 0. The van der Waals surface area contributed by atoms with E-state index in [1.807, 2.05) is 0 Å². The van der Waals surface area contributed by atoms with Gasteiger partial charge in [0.2, 0.25) is 5.91 Å². The van der Waals surface area contributed by atoms with Gasteiger partial charge < -0.3 is 21.4 Å². The first-order valence-electron chi connectivity index (χ1n) is 6.05. The Morgan fingerprint density at radius 2 is 1.64 bits per heavy atom. The van der Waals surface area contributed by atoms with Crippen molar-refractivity contribution in [1.29, 1.82) is 5.41 Å². The van der Waals surface area contributed by atoms with Gasteiger partial charge in [0.15, 0.2) is 5.75 Å². The van der Waals surface area contributed by atoms with Crippen molar-refractivity contribution in [3.63, 3.8) is 0 Å². The van der Waals surface area contributed by atoms with Crippen molar-refractivity contribution in [1.82, 2.24) is 0 Å². The molecule has 0 aliphatic carbocycles. The van der Waals surface area contributed by atoms with Gasteiger partial charge in [-0.15, -0.1) is 0 Å². The lowest BCUT2D eigenvalue weighted by molar-refractivity contribution is 0.100. The third-order valence-corrected chi connectivity index (χ3v) is 3.19. The zero-order chi connectivity index (χ0) is 16.9. The molecule has 0 fully saturated rings. The number of aromatic hydroxyl groups is 2. The van der Waals surface area contributed by atoms with Gasteiger partial charge in [-0.25, -0.2) is 0 Å². The molecule has 0 unspecified atom stereocenters. The lowest BCUT2D eigenvalue weighted by Crippen LogP contribution is -2.10. The Morgan fingerprint density at radius 1 is 1.14 bits per heavy atom. The van der Waals surface area contributed by atoms with Crippen molar-refractivity contribution in [2.24, 2.45) is 5.73 Å². The molecule has 0 heterocycles. The van der Waals surface area contributed by atoms with Crippen LogP contribution in [0.2, 0.25) is 10.0 Å². The summed E-state index contributed by atoms with van der Waals surface area (Å²) in [6, 6.07) is 9.34. The fourth-order valence-electron chi connectivity index (χ4n) is 1.50. The summed E-state index contributed by atoms with van der Waals surface area (Å²) in [5, 5.41) is 25.5. The molecule has 0 atom stereocenters. The molecule has 2 aromatic rings. The molecule has 7 heteroatoms. The number of phenols is 2. The molecule has 0 bridgehead atoms. The Labute approximate surface area is 137 Å². The Hall–Kier alpha value is -2.24. The maximum atomic E-state index is 10.6. The van der Waals surface area contributed by atoms with Crippen molar-refractivity contribution >= 4 is 34.8 Å². The van der Waals surface area contributed by atoms with Gasteiger partial charge in [0.05, 0.1) is 10.0 Å². The van der Waals surface area contributed by atoms with E-state index in [0.29, 0.717) is 11.3 Å². The standard InChI is InChI=1S/C8H9NO.C7H5Cl2NO2/c1-6(9)7-4-2-3-5-8(7)10;8-4-1-3(7(10)12)2-5(9)6(4)11/h2-5,9-10H,1H3;1-2,11H,(H2,10,12). The fourth-order valence-corrected chi connectivity index (χ4v) is 1.99. The predicted octanol–water partition coefficient (Wildman–Crippen LogP) is 3.58. The molecule has 5 nitrogen and oxygen atoms in total. The second kappa shape index (κ2) is 7.68. The van der Waals surface area contributed by atoms with Crippen LogP contribution in [0.1, 0.15) is 22.8 Å². The molecule has 0 aromatic heterocycles. The SMILES string of the molecule is CC(=N)c1ccccc1O.NC(=O)c1cc(Cl)c(O)c(Cl)c1. The van der Waals surface area contributed by atoms with E-state index in [4.69, 9.17) is 44.6 Å². The van der Waals surface area contributed by atoms with Crippen molar-refractivity contribution in [2.75, 3.05) is 0 Å². The number of para-hydroxylation sites is 1. The van der Waals surface area contributed by atoms with E-state index in [1.165, 1.54) is 12.1 Å². The van der Waals surface area contributed by atoms with Gasteiger partial charge in [0.25, 0.3) is 0 Å². The summed E-state index contributed by atoms with van der Waals surface area (Å²) >= 11 is 11.0. The molecule has 22 heavy (non-hydrogen) atoms. The number of rotatable bonds is 2. The minimum Gasteiger partial charge on any atom is -0.507 e. The number of amides is 1. The molecule has 0 saturated carbocycles. The van der Waals surface area contributed by atoms with E-state index in [2.05, 4.69) is 0 Å². The van der Waals surface area contributed by atoms with Crippen LogP contribution in [-0.4, -0.2) is 21.8 Å². The normalized spacial score (nSPS) is 9.59. The highest BCUT2D eigenvalue weighted by atomic mass is 35.5. The van der Waals surface area contributed by atoms with Crippen LogP contribution in [0.25, 0.3) is 0 Å². The number of nitrogens with two attached hydrogens (primary N) is 1. The van der Waals surface area contributed by atoms with Crippen LogP contribution in [0, 0.1) is 5.41 Å². The van der Waals surface area contributed by atoms with Crippen LogP contribution >= 0.6 is 23.2 Å². The van der Waals surface area contributed by atoms with Crippen LogP contribution < -0.4 is 5.73 Å². The minimum atomic E-state index is -0.640. The van der Waals surface area contributed by atoms with E-state index < -0.39 is 5.91 Å². The second-order valence-electron chi connectivity index (χ2n) is 4.29. The number of halogens is 2. The first kappa shape index (κ1) is 17.8. The number of carbonyl (C=O) groups is 1. The number of nitrogens with one attached hydrogen (secondary N) is 1. The van der Waals surface area contributed by atoms with E-state index in [0.717, 1.165) is 0 Å². The van der Waals surface area contributed by atoms with Gasteiger partial charge in [-0.05, 0) is 31.2 Å². The number of phenolic OH excluding ortho intramolecular Hbond substituents is 2. The van der Waals surface area contributed by atoms with Crippen molar-refractivity contribution in [3.8, 4) is 11.5 Å². The van der Waals surface area contributed by atoms with Gasteiger partial charge in [-0.2, -0.15) is 0 Å². The maximum absolute atomic E-state index is 10.6. The van der Waals surface area contributed by atoms with Crippen LogP contribution in [0.4, 0.5) is 0 Å². The third-order valence-electron chi connectivity index (χ3n) is 2.61. The van der Waals surface area contributed by atoms with Gasteiger partial charge in [-0.1, -0.05) is 35.3 Å². The monoisotopic (exact) mass is 340 g/mol. The number of hydrogen-bond acceptors (Lipinski definition) is 4. The first-order valence-corrected chi connectivity index (χ1v) is 6.81. The smallest absolute Gasteiger partial charge is 0.248 e. The van der Waals surface area contributed by atoms with E-state index in [-0.39, 0.29) is 27.1 Å². The van der Waals surface area contributed by atoms with E-state index in [9.17, 15) is 4.79 Å². The largest absolute Gasteiger partial charge is 0.507 e. The van der Waals surface area contributed by atoms with E-state index in [1.54, 1.807) is 31.2 Å². The average molecular weight is 341 g/mol. The van der Waals surface area contributed by atoms with Crippen molar-refractivity contribution < 1.29 is 15.0 Å². The quantitative estimate of drug-likeness (QED) is 0.627. The Balaban J connectivity index is 0.000000224. The molecule has 0 saturated heterocycles. The van der Waals surface area contributed by atoms with Crippen LogP contribution in [-0.2, 0) is 0 Å². The molecule has 0 aliphatic heterocycles. The molecule has 5 N–H and O–H groups in total. The zero-order valence-corrected chi connectivity index (χ0v) is 13.1. The Kier molecular flexibility index (Phi) is 6.22. The fraction of sp³-hybridized carbons (Fsp3) is 0.0667. The highest BCUT2D eigenvalue weighted by molar-refractivity contribution is 6.37. The molecule has 2 rings (SSSR count). The predicted molar refractivity (Wildman–Crippen MR) is 87.3 cm³/mol. The number of primary amides is 1. The molecular weight excluding hydrogens is 327 g/mol. The summed E-state index contributed by atoms with van der Waals surface area (Å²) in [6.45, 7) is 1.65. The summed E-state index contributed by atoms with van der Waals surface area (Å²) in [4.78, 5) is 10.6. The minimum absolute atomic E-state index is 0.0105. The third kappa shape index (κ3) is 4.65. The van der Waals surface area contributed by atoms with Crippen molar-refractivity contribution in [3.05, 3.63) is 57.6 Å². The Bertz CT molecular complexity index is 695. The highest BCUT2D eigenvalue weighted by Gasteiger charge is 2.09. The van der Waals surface area contributed by atoms with Gasteiger partial charge in [0, 0.05) is 16.8 Å². The maximum Gasteiger partial charge on any atom is 0.248 e. The summed E-state index contributed by atoms with van der Waals surface area (Å²) in [5.41, 5.74) is 6.12. The second-order valence-corrected chi connectivity index (χ2v) is 5.11. The molecule has 0 spiro atoms. The van der Waals surface area contributed by atoms with Gasteiger partial charge >= 0.3 is 0 Å². The lowest BCUT2D eigenvalue weighted by atomic mass is 10.1. The van der Waals surface area contributed by atoms with Crippen LogP contribution in [0.3, 0.4) is 0 Å². The molecular formula is C15H14Cl2N2O3. The van der Waals surface area contributed by atoms with Crippen LogP contribution in [0.5, 0.6) is 11.5 Å². The number of benzene rings is 2. The number of carbonyl (C=O) groups excluding carboxylic acids is 1. The topological polar surface area (TPSA) is 107 Å². The average Bonchev–Trinajstić information content (AvgIpc) is 2.45. The van der Waals surface area contributed by atoms with Crippen molar-refractivity contribution in [2.45, 2.75) is 6.92 Å². The zero-order valence-electron chi connectivity index (χ0n) is 11.6.